The Hall–Kier alpha value is -6.49. The number of aromatic nitrogens is 2. The van der Waals surface area contributed by atoms with Crippen LogP contribution in [-0.4, -0.2) is 145 Å². The van der Waals surface area contributed by atoms with Crippen LogP contribution in [0, 0.1) is 23.7 Å². The molecule has 2 aromatic heterocycles. The SMILES string of the molecule is CCc1cc2c(cc1N1CCN(C(=O)CCOCCOCCOCCC(=O)N[C@H](C(=O)N3C[C@H](O)C[C@H]3C(=O)NCc3ccc(-c4scnc4C)cc3)C(C)(C)C)CC1)C(C)(C)c1[nH]c3cc(C#N)ccc3c1C2=O. The number of aliphatic hydroxyl groups excluding tert-OH is 1. The van der Waals surface area contributed by atoms with Gasteiger partial charge in [-0.05, 0) is 65.3 Å². The van der Waals surface area contributed by atoms with Crippen LogP contribution in [0.4, 0.5) is 5.69 Å². The number of carbonyl (C=O) groups is 5. The standard InChI is InChI=1S/C57H70N8O9S/c1-8-38-28-42-43(57(6,7)52-49(50(42)69)41-14-11-37(31-58)27-44(41)61-52)30-45(38)63-17-19-64(20-18-63)48(68)16-22-73-24-26-74-25-23-72-21-15-47(67)62-53(56(3,4)5)55(71)65-33-40(66)29-46(65)54(70)59-32-36-9-12-39(13-10-36)51-35(2)60-34-75-51/h9-14,27-28,30,34,40,46,53,61,66H,8,15-26,29,32-33H2,1-7H3,(H,59,70)(H,62,67)/t40-,46+,53-/m1/s1. The molecule has 2 fully saturated rings. The number of hydrogen-bond donors (Lipinski definition) is 4. The van der Waals surface area contributed by atoms with Crippen LogP contribution in [0.2, 0.25) is 0 Å². The molecule has 8 rings (SSSR count). The van der Waals surface area contributed by atoms with Crippen LogP contribution in [0.15, 0.2) is 60.1 Å². The summed E-state index contributed by atoms with van der Waals surface area (Å²) in [6, 6.07) is 17.9. The van der Waals surface area contributed by atoms with E-state index in [1.165, 1.54) is 4.90 Å². The molecule has 0 saturated carbocycles. The van der Waals surface area contributed by atoms with Crippen LogP contribution in [0.1, 0.15) is 110 Å². The van der Waals surface area contributed by atoms with Crippen LogP contribution in [0.25, 0.3) is 21.3 Å². The van der Waals surface area contributed by atoms with Crippen molar-refractivity contribution >= 4 is 57.3 Å². The first-order chi connectivity index (χ1) is 35.9. The molecule has 0 bridgehead atoms. The van der Waals surface area contributed by atoms with Crippen molar-refractivity contribution in [3.05, 3.63) is 105 Å². The smallest absolute Gasteiger partial charge is 0.246 e. The molecule has 75 heavy (non-hydrogen) atoms. The third-order valence-electron chi connectivity index (χ3n) is 14.7. The first-order valence-corrected chi connectivity index (χ1v) is 26.9. The molecule has 0 unspecified atom stereocenters. The maximum atomic E-state index is 14.1. The molecule has 0 radical (unpaired) electrons. The number of ketones is 1. The van der Waals surface area contributed by atoms with E-state index in [1.807, 2.05) is 68.4 Å². The van der Waals surface area contributed by atoms with E-state index in [0.717, 1.165) is 61.5 Å². The monoisotopic (exact) mass is 1040 g/mol. The average Bonchev–Trinajstić information content (AvgIpc) is 4.16. The number of nitrogens with zero attached hydrogens (tertiary/aromatic N) is 5. The van der Waals surface area contributed by atoms with Crippen LogP contribution in [0.5, 0.6) is 0 Å². The number of likely N-dealkylation sites (tertiary alicyclic amines) is 1. The van der Waals surface area contributed by atoms with Crippen molar-refractivity contribution < 1.29 is 43.3 Å². The number of aromatic amines is 1. The number of amides is 4. The van der Waals surface area contributed by atoms with Gasteiger partial charge in [0.2, 0.25) is 23.6 Å². The molecule has 4 amide bonds. The molecule has 2 saturated heterocycles. The molecule has 3 aliphatic rings. The molecule has 4 heterocycles. The summed E-state index contributed by atoms with van der Waals surface area (Å²) in [7, 11) is 0. The predicted molar refractivity (Wildman–Crippen MR) is 287 cm³/mol. The minimum atomic E-state index is -0.945. The van der Waals surface area contributed by atoms with E-state index < -0.39 is 34.9 Å². The molecule has 2 aliphatic heterocycles. The number of hydrogen-bond acceptors (Lipinski definition) is 13. The van der Waals surface area contributed by atoms with Crippen LogP contribution >= 0.6 is 11.3 Å². The summed E-state index contributed by atoms with van der Waals surface area (Å²) < 4.78 is 17.0. The number of H-pyrrole nitrogens is 1. The number of ether oxygens (including phenoxy) is 3. The summed E-state index contributed by atoms with van der Waals surface area (Å²) in [6.45, 7) is 18.1. The van der Waals surface area contributed by atoms with E-state index in [1.54, 1.807) is 23.5 Å². The van der Waals surface area contributed by atoms with E-state index in [-0.39, 0.29) is 82.3 Å². The predicted octanol–water partition coefficient (Wildman–Crippen LogP) is 6.19. The summed E-state index contributed by atoms with van der Waals surface area (Å²) in [5.74, 6) is -1.16. The third-order valence-corrected chi connectivity index (χ3v) is 15.6. The normalized spacial score (nSPS) is 17.6. The maximum Gasteiger partial charge on any atom is 0.246 e. The molecule has 0 spiro atoms. The molecule has 3 atom stereocenters. The highest BCUT2D eigenvalue weighted by Crippen LogP contribution is 2.46. The van der Waals surface area contributed by atoms with Crippen molar-refractivity contribution in [2.75, 3.05) is 77.3 Å². The van der Waals surface area contributed by atoms with E-state index in [4.69, 9.17) is 14.2 Å². The van der Waals surface area contributed by atoms with Gasteiger partial charge in [0, 0.05) is 85.4 Å². The highest BCUT2D eigenvalue weighted by molar-refractivity contribution is 7.13. The molecule has 1 aliphatic carbocycles. The van der Waals surface area contributed by atoms with E-state index in [9.17, 15) is 34.3 Å². The number of rotatable bonds is 20. The van der Waals surface area contributed by atoms with Crippen LogP contribution in [-0.2, 0) is 51.8 Å². The molecule has 18 heteroatoms. The number of benzene rings is 3. The highest BCUT2D eigenvalue weighted by Gasteiger charge is 2.45. The third kappa shape index (κ3) is 12.3. The van der Waals surface area contributed by atoms with Gasteiger partial charge >= 0.3 is 0 Å². The Balaban J connectivity index is 0.703. The Morgan fingerprint density at radius 2 is 1.63 bits per heavy atom. The first kappa shape index (κ1) is 54.8. The Morgan fingerprint density at radius 1 is 0.947 bits per heavy atom. The number of β-amino-alcohol motifs (C(OH)–C–C–N with tert-alkyl or cyclic N) is 1. The van der Waals surface area contributed by atoms with Gasteiger partial charge in [-0.3, -0.25) is 24.0 Å². The highest BCUT2D eigenvalue weighted by atomic mass is 32.1. The Kier molecular flexibility index (Phi) is 17.2. The zero-order valence-electron chi connectivity index (χ0n) is 44.2. The number of thiazole rings is 1. The zero-order chi connectivity index (χ0) is 53.6. The van der Waals surface area contributed by atoms with Gasteiger partial charge in [-0.1, -0.05) is 71.9 Å². The van der Waals surface area contributed by atoms with Gasteiger partial charge in [0.05, 0.1) is 85.4 Å². The second-order valence-electron chi connectivity index (χ2n) is 21.2. The average molecular weight is 1040 g/mol. The number of aliphatic hydroxyl groups is 1. The number of anilines is 1. The molecule has 3 aromatic carbocycles. The number of piperazine rings is 1. The molecular weight excluding hydrogens is 973 g/mol. The molecule has 5 aromatic rings. The fourth-order valence-electron chi connectivity index (χ4n) is 10.4. The van der Waals surface area contributed by atoms with Crippen molar-refractivity contribution in [3.63, 3.8) is 0 Å². The van der Waals surface area contributed by atoms with Gasteiger partial charge in [0.15, 0.2) is 5.78 Å². The summed E-state index contributed by atoms with van der Waals surface area (Å²) >= 11 is 1.57. The summed E-state index contributed by atoms with van der Waals surface area (Å²) in [5, 5.41) is 26.7. The van der Waals surface area contributed by atoms with Gasteiger partial charge in [0.25, 0.3) is 0 Å². The Labute approximate surface area is 442 Å². The molecule has 4 N–H and O–H groups in total. The quantitative estimate of drug-likeness (QED) is 0.0642. The summed E-state index contributed by atoms with van der Waals surface area (Å²) in [4.78, 5) is 82.3. The lowest BCUT2D eigenvalue weighted by Crippen LogP contribution is -2.57. The lowest BCUT2D eigenvalue weighted by Gasteiger charge is -2.39. The summed E-state index contributed by atoms with van der Waals surface area (Å²) in [5.41, 5.74) is 10.2. The minimum absolute atomic E-state index is 0.00821. The molecular formula is C57H70N8O9S. The zero-order valence-corrected chi connectivity index (χ0v) is 45.0. The number of carbonyl (C=O) groups excluding carboxylic acids is 5. The van der Waals surface area contributed by atoms with Gasteiger partial charge in [-0.2, -0.15) is 5.26 Å². The lowest BCUT2D eigenvalue weighted by atomic mass is 9.70. The number of fused-ring (bicyclic) bond motifs is 4. The first-order valence-electron chi connectivity index (χ1n) is 26.0. The largest absolute Gasteiger partial charge is 0.391 e. The van der Waals surface area contributed by atoms with Crippen molar-refractivity contribution in [1.29, 1.82) is 5.26 Å². The Bertz CT molecular complexity index is 2940. The fraction of sp³-hybridized carbons (Fsp3) is 0.491. The summed E-state index contributed by atoms with van der Waals surface area (Å²) in [6.07, 6.45) is 0.241. The van der Waals surface area contributed by atoms with Gasteiger partial charge in [0.1, 0.15) is 12.1 Å². The van der Waals surface area contributed by atoms with Crippen molar-refractivity contribution in [2.24, 2.45) is 5.41 Å². The van der Waals surface area contributed by atoms with Crippen LogP contribution < -0.4 is 15.5 Å². The molecule has 17 nitrogen and oxygen atoms in total. The lowest BCUT2D eigenvalue weighted by molar-refractivity contribution is -0.144. The second kappa shape index (κ2) is 23.6. The van der Waals surface area contributed by atoms with Gasteiger partial charge in [-0.25, -0.2) is 4.98 Å². The van der Waals surface area contributed by atoms with Gasteiger partial charge in [-0.15, -0.1) is 11.3 Å². The minimum Gasteiger partial charge on any atom is -0.391 e. The van der Waals surface area contributed by atoms with E-state index in [2.05, 4.69) is 64.5 Å². The van der Waals surface area contributed by atoms with E-state index in [0.29, 0.717) is 56.1 Å². The number of nitriles is 1. The Morgan fingerprint density at radius 3 is 2.27 bits per heavy atom. The van der Waals surface area contributed by atoms with Crippen molar-refractivity contribution in [2.45, 2.75) is 104 Å². The van der Waals surface area contributed by atoms with E-state index >= 15 is 0 Å². The second-order valence-corrected chi connectivity index (χ2v) is 22.1. The van der Waals surface area contributed by atoms with Crippen LogP contribution in [0.3, 0.4) is 0 Å². The number of nitrogens with one attached hydrogen (secondary N) is 3. The van der Waals surface area contributed by atoms with Crippen molar-refractivity contribution in [1.82, 2.24) is 30.4 Å². The fourth-order valence-corrected chi connectivity index (χ4v) is 11.2. The number of aryl methyl sites for hydroxylation is 2. The van der Waals surface area contributed by atoms with Crippen molar-refractivity contribution in [3.8, 4) is 16.5 Å². The maximum absolute atomic E-state index is 14.1. The van der Waals surface area contributed by atoms with Gasteiger partial charge < -0.3 is 49.6 Å². The molecule has 398 valence electrons. The topological polar surface area (TPSA) is 220 Å².